The van der Waals surface area contributed by atoms with Crippen LogP contribution in [0.3, 0.4) is 0 Å². The van der Waals surface area contributed by atoms with Gasteiger partial charge in [-0.15, -0.1) is 5.11 Å². The maximum Gasteiger partial charge on any atom is 0.106 e. The Morgan fingerprint density at radius 3 is 2.46 bits per heavy atom. The number of rotatable bonds is 3. The van der Waals surface area contributed by atoms with Crippen molar-refractivity contribution in [3.05, 3.63) is 101 Å². The Morgan fingerprint density at radius 1 is 0.857 bits per heavy atom. The number of hydrogen-bond donors (Lipinski definition) is 0. The Balaban J connectivity index is 1.43. The molecule has 0 saturated carbocycles. The molecular formula is C24H20ClN3. The van der Waals surface area contributed by atoms with Gasteiger partial charge >= 0.3 is 0 Å². The largest absolute Gasteiger partial charge is 0.278 e. The minimum absolute atomic E-state index is 0.434. The Hall–Kier alpha value is -3.09. The minimum Gasteiger partial charge on any atom is -0.278 e. The van der Waals surface area contributed by atoms with Crippen LogP contribution in [0.25, 0.3) is 0 Å². The molecular weight excluding hydrogens is 366 g/mol. The van der Waals surface area contributed by atoms with E-state index in [1.807, 2.05) is 59.6 Å². The summed E-state index contributed by atoms with van der Waals surface area (Å²) in [5.74, 6) is 6.93. The molecule has 1 heterocycles. The standard InChI is InChI=1S/C24H20ClN3/c25-23-11-4-5-12-24(23)26-27-28-16-15-22(18-28)21-10-6-9-20(17-21)14-13-19-7-2-1-3-8-19/h1-12,17,22H,15-16,18H2/b27-26+. The third-order valence-electron chi connectivity index (χ3n) is 4.78. The SMILES string of the molecule is Clc1ccccc1/N=N/N1CCC(c2cccc(C#Cc3ccccc3)c2)C1. The van der Waals surface area contributed by atoms with Crippen molar-refractivity contribution < 1.29 is 0 Å². The lowest BCUT2D eigenvalue weighted by atomic mass is 9.97. The monoisotopic (exact) mass is 385 g/mol. The topological polar surface area (TPSA) is 28.0 Å². The fraction of sp³-hybridized carbons (Fsp3) is 0.167. The summed E-state index contributed by atoms with van der Waals surface area (Å²) in [6, 6.07) is 26.1. The van der Waals surface area contributed by atoms with E-state index < -0.39 is 0 Å². The van der Waals surface area contributed by atoms with Crippen LogP contribution in [0.15, 0.2) is 89.2 Å². The molecule has 1 aliphatic heterocycles. The van der Waals surface area contributed by atoms with E-state index in [1.54, 1.807) is 0 Å². The third kappa shape index (κ3) is 4.60. The molecule has 1 fully saturated rings. The van der Waals surface area contributed by atoms with Crippen molar-refractivity contribution in [2.75, 3.05) is 13.1 Å². The van der Waals surface area contributed by atoms with E-state index in [2.05, 4.69) is 46.4 Å². The summed E-state index contributed by atoms with van der Waals surface area (Å²) < 4.78 is 0. The molecule has 3 aromatic carbocycles. The van der Waals surface area contributed by atoms with Crippen LogP contribution in [0, 0.1) is 11.8 Å². The minimum atomic E-state index is 0.434. The predicted octanol–water partition coefficient (Wildman–Crippen LogP) is 6.23. The normalized spacial score (nSPS) is 16.2. The molecule has 3 nitrogen and oxygen atoms in total. The van der Waals surface area contributed by atoms with Crippen molar-refractivity contribution >= 4 is 17.3 Å². The van der Waals surface area contributed by atoms with Crippen LogP contribution in [-0.4, -0.2) is 18.1 Å². The fourth-order valence-corrected chi connectivity index (χ4v) is 3.45. The molecule has 0 spiro atoms. The van der Waals surface area contributed by atoms with Crippen molar-refractivity contribution in [3.8, 4) is 11.8 Å². The molecule has 3 aromatic rings. The molecule has 0 aliphatic carbocycles. The van der Waals surface area contributed by atoms with Crippen molar-refractivity contribution in [1.82, 2.24) is 5.01 Å². The van der Waals surface area contributed by atoms with Gasteiger partial charge in [0.05, 0.1) is 5.02 Å². The maximum atomic E-state index is 6.14. The second-order valence-electron chi connectivity index (χ2n) is 6.78. The first-order chi connectivity index (χ1) is 13.8. The molecule has 28 heavy (non-hydrogen) atoms. The molecule has 0 N–H and O–H groups in total. The first-order valence-corrected chi connectivity index (χ1v) is 9.74. The average Bonchev–Trinajstić information content (AvgIpc) is 3.22. The first kappa shape index (κ1) is 18.3. The Kier molecular flexibility index (Phi) is 5.70. The van der Waals surface area contributed by atoms with Crippen LogP contribution < -0.4 is 0 Å². The summed E-state index contributed by atoms with van der Waals surface area (Å²) in [6.07, 6.45) is 1.05. The lowest BCUT2D eigenvalue weighted by Crippen LogP contribution is -2.12. The van der Waals surface area contributed by atoms with E-state index in [9.17, 15) is 0 Å². The fourth-order valence-electron chi connectivity index (χ4n) is 3.28. The lowest BCUT2D eigenvalue weighted by Gasteiger charge is -2.12. The quantitative estimate of drug-likeness (QED) is 0.388. The number of nitrogens with zero attached hydrogens (tertiary/aromatic N) is 3. The van der Waals surface area contributed by atoms with E-state index in [0.717, 1.165) is 30.6 Å². The lowest BCUT2D eigenvalue weighted by molar-refractivity contribution is 0.332. The second kappa shape index (κ2) is 8.73. The molecule has 4 rings (SSSR count). The Labute approximate surface area is 170 Å². The summed E-state index contributed by atoms with van der Waals surface area (Å²) in [7, 11) is 0. The first-order valence-electron chi connectivity index (χ1n) is 9.36. The number of hydrogen-bond acceptors (Lipinski definition) is 2. The van der Waals surface area contributed by atoms with Gasteiger partial charge in [-0.1, -0.05) is 71.1 Å². The van der Waals surface area contributed by atoms with Gasteiger partial charge in [0, 0.05) is 30.1 Å². The van der Waals surface area contributed by atoms with Gasteiger partial charge < -0.3 is 0 Å². The van der Waals surface area contributed by atoms with Gasteiger partial charge in [-0.05, 0) is 48.4 Å². The molecule has 0 bridgehead atoms. The van der Waals surface area contributed by atoms with E-state index in [1.165, 1.54) is 5.56 Å². The van der Waals surface area contributed by atoms with Gasteiger partial charge in [0.15, 0.2) is 0 Å². The summed E-state index contributed by atoms with van der Waals surface area (Å²) in [6.45, 7) is 1.74. The molecule has 1 saturated heterocycles. The molecule has 138 valence electrons. The highest BCUT2D eigenvalue weighted by Gasteiger charge is 2.23. The van der Waals surface area contributed by atoms with Crippen molar-refractivity contribution in [2.24, 2.45) is 10.3 Å². The van der Waals surface area contributed by atoms with E-state index in [4.69, 9.17) is 11.6 Å². The molecule has 0 aromatic heterocycles. The zero-order valence-electron chi connectivity index (χ0n) is 15.4. The number of benzene rings is 3. The molecule has 4 heteroatoms. The van der Waals surface area contributed by atoms with E-state index in [-0.39, 0.29) is 0 Å². The Bertz CT molecular complexity index is 1030. The zero-order chi connectivity index (χ0) is 19.2. The van der Waals surface area contributed by atoms with Crippen molar-refractivity contribution in [2.45, 2.75) is 12.3 Å². The second-order valence-corrected chi connectivity index (χ2v) is 7.19. The highest BCUT2D eigenvalue weighted by Crippen LogP contribution is 2.29. The Morgan fingerprint density at radius 2 is 1.61 bits per heavy atom. The third-order valence-corrected chi connectivity index (χ3v) is 5.10. The maximum absolute atomic E-state index is 6.14. The van der Waals surface area contributed by atoms with Crippen molar-refractivity contribution in [3.63, 3.8) is 0 Å². The van der Waals surface area contributed by atoms with Crippen molar-refractivity contribution in [1.29, 1.82) is 0 Å². The smallest absolute Gasteiger partial charge is 0.106 e. The molecule has 0 amide bonds. The molecule has 0 radical (unpaired) electrons. The van der Waals surface area contributed by atoms with E-state index in [0.29, 0.717) is 16.6 Å². The summed E-state index contributed by atoms with van der Waals surface area (Å²) in [4.78, 5) is 0. The summed E-state index contributed by atoms with van der Waals surface area (Å²) in [5.41, 5.74) is 4.07. The van der Waals surface area contributed by atoms with Gasteiger partial charge in [0.1, 0.15) is 5.69 Å². The predicted molar refractivity (Wildman–Crippen MR) is 114 cm³/mol. The number of halogens is 1. The molecule has 1 aliphatic rings. The van der Waals surface area contributed by atoms with Crippen LogP contribution >= 0.6 is 11.6 Å². The van der Waals surface area contributed by atoms with Gasteiger partial charge in [-0.25, -0.2) is 0 Å². The zero-order valence-corrected chi connectivity index (χ0v) is 16.2. The van der Waals surface area contributed by atoms with Gasteiger partial charge in [0.2, 0.25) is 0 Å². The van der Waals surface area contributed by atoms with Gasteiger partial charge in [0.25, 0.3) is 0 Å². The van der Waals surface area contributed by atoms with E-state index >= 15 is 0 Å². The highest BCUT2D eigenvalue weighted by atomic mass is 35.5. The molecule has 1 atom stereocenters. The average molecular weight is 386 g/mol. The van der Waals surface area contributed by atoms with Crippen LogP contribution in [0.2, 0.25) is 5.02 Å². The molecule has 1 unspecified atom stereocenters. The van der Waals surface area contributed by atoms with Crippen LogP contribution in [0.4, 0.5) is 5.69 Å². The van der Waals surface area contributed by atoms with Gasteiger partial charge in [-0.3, -0.25) is 5.01 Å². The summed E-state index contributed by atoms with van der Waals surface area (Å²) in [5, 5.41) is 11.3. The van der Waals surface area contributed by atoms with Crippen LogP contribution in [-0.2, 0) is 0 Å². The highest BCUT2D eigenvalue weighted by molar-refractivity contribution is 6.32. The van der Waals surface area contributed by atoms with Gasteiger partial charge in [-0.2, -0.15) is 0 Å². The summed E-state index contributed by atoms with van der Waals surface area (Å²) >= 11 is 6.14. The van der Waals surface area contributed by atoms with Crippen LogP contribution in [0.1, 0.15) is 29.0 Å². The van der Waals surface area contributed by atoms with Crippen LogP contribution in [0.5, 0.6) is 0 Å².